The van der Waals surface area contributed by atoms with Gasteiger partial charge in [-0.3, -0.25) is 9.59 Å². The lowest BCUT2D eigenvalue weighted by Gasteiger charge is -2.13. The van der Waals surface area contributed by atoms with Crippen molar-refractivity contribution < 1.29 is 9.59 Å². The summed E-state index contributed by atoms with van der Waals surface area (Å²) in [5, 5.41) is 5.54. The van der Waals surface area contributed by atoms with Crippen molar-refractivity contribution in [2.24, 2.45) is 0 Å². The summed E-state index contributed by atoms with van der Waals surface area (Å²) in [6.07, 6.45) is 2.43. The Morgan fingerprint density at radius 1 is 1.60 bits per heavy atom. The summed E-state index contributed by atoms with van der Waals surface area (Å²) < 4.78 is 0. The maximum Gasteiger partial charge on any atom is 0.227 e. The molecule has 0 aliphatic carbocycles. The van der Waals surface area contributed by atoms with Crippen molar-refractivity contribution in [3.05, 3.63) is 16.6 Å². The van der Waals surface area contributed by atoms with Crippen LogP contribution in [0.15, 0.2) is 11.6 Å². The molecule has 1 unspecified atom stereocenters. The second-order valence-corrected chi connectivity index (χ2v) is 4.20. The molecule has 4 nitrogen and oxygen atoms in total. The Morgan fingerprint density at radius 3 is 2.80 bits per heavy atom. The Hall–Kier alpha value is -1.23. The van der Waals surface area contributed by atoms with E-state index in [1.165, 1.54) is 18.3 Å². The molecule has 0 saturated heterocycles. The standard InChI is InChI=1S/C10H14N2O2S/c1-3-8(10-11-4-5-15-10)12-9(14)6-7(2)13/h4-5,8H,3,6H2,1-2H3,(H,12,14). The smallest absolute Gasteiger partial charge is 0.227 e. The number of carbonyl (C=O) groups excluding carboxylic acids is 2. The van der Waals surface area contributed by atoms with Crippen LogP contribution in [0.3, 0.4) is 0 Å². The minimum atomic E-state index is -0.232. The van der Waals surface area contributed by atoms with Gasteiger partial charge in [0.1, 0.15) is 10.8 Å². The maximum absolute atomic E-state index is 11.4. The monoisotopic (exact) mass is 226 g/mol. The molecule has 0 aliphatic heterocycles. The Labute approximate surface area is 92.7 Å². The van der Waals surface area contributed by atoms with Crippen molar-refractivity contribution >= 4 is 23.0 Å². The summed E-state index contributed by atoms with van der Waals surface area (Å²) in [5.74, 6) is -0.356. The summed E-state index contributed by atoms with van der Waals surface area (Å²) in [4.78, 5) is 26.2. The lowest BCUT2D eigenvalue weighted by molar-refractivity contribution is -0.127. The van der Waals surface area contributed by atoms with E-state index < -0.39 is 0 Å². The third-order valence-corrected chi connectivity index (χ3v) is 2.79. The van der Waals surface area contributed by atoms with E-state index in [0.717, 1.165) is 11.4 Å². The van der Waals surface area contributed by atoms with Crippen LogP contribution in [-0.2, 0) is 9.59 Å². The summed E-state index contributed by atoms with van der Waals surface area (Å²) in [5.41, 5.74) is 0. The molecule has 5 heteroatoms. The number of nitrogens with one attached hydrogen (secondary N) is 1. The first-order valence-electron chi connectivity index (χ1n) is 4.81. The van der Waals surface area contributed by atoms with Crippen molar-refractivity contribution in [1.29, 1.82) is 0 Å². The SMILES string of the molecule is CCC(NC(=O)CC(C)=O)c1nccs1. The van der Waals surface area contributed by atoms with E-state index in [2.05, 4.69) is 10.3 Å². The summed E-state index contributed by atoms with van der Waals surface area (Å²) in [6.45, 7) is 3.38. The van der Waals surface area contributed by atoms with Crippen LogP contribution in [0.5, 0.6) is 0 Å². The van der Waals surface area contributed by atoms with Gasteiger partial charge in [0, 0.05) is 11.6 Å². The van der Waals surface area contributed by atoms with Crippen LogP contribution in [0.4, 0.5) is 0 Å². The van der Waals surface area contributed by atoms with Crippen molar-refractivity contribution in [1.82, 2.24) is 10.3 Å². The van der Waals surface area contributed by atoms with Gasteiger partial charge in [-0.05, 0) is 13.3 Å². The number of carbonyl (C=O) groups is 2. The fourth-order valence-corrected chi connectivity index (χ4v) is 1.99. The van der Waals surface area contributed by atoms with E-state index in [1.807, 2.05) is 12.3 Å². The molecular weight excluding hydrogens is 212 g/mol. The molecule has 1 heterocycles. The molecule has 1 aromatic heterocycles. The highest BCUT2D eigenvalue weighted by atomic mass is 32.1. The first-order valence-corrected chi connectivity index (χ1v) is 5.69. The van der Waals surface area contributed by atoms with Gasteiger partial charge in [0.25, 0.3) is 0 Å². The van der Waals surface area contributed by atoms with Gasteiger partial charge in [0.15, 0.2) is 0 Å². The number of nitrogens with zero attached hydrogens (tertiary/aromatic N) is 1. The Balaban J connectivity index is 2.54. The third-order valence-electron chi connectivity index (χ3n) is 1.90. The minimum Gasteiger partial charge on any atom is -0.346 e. The van der Waals surface area contributed by atoms with Crippen LogP contribution in [0, 0.1) is 0 Å². The van der Waals surface area contributed by atoms with Crippen LogP contribution in [0.25, 0.3) is 0 Å². The molecule has 0 bridgehead atoms. The van der Waals surface area contributed by atoms with Gasteiger partial charge in [-0.1, -0.05) is 6.92 Å². The second kappa shape index (κ2) is 5.60. The lowest BCUT2D eigenvalue weighted by atomic mass is 10.2. The molecule has 0 saturated carbocycles. The second-order valence-electron chi connectivity index (χ2n) is 3.28. The zero-order valence-corrected chi connectivity index (χ0v) is 9.63. The maximum atomic E-state index is 11.4. The van der Waals surface area contributed by atoms with Crippen molar-refractivity contribution in [3.63, 3.8) is 0 Å². The molecule has 1 amide bonds. The van der Waals surface area contributed by atoms with E-state index >= 15 is 0 Å². The first-order chi connectivity index (χ1) is 7.13. The van der Waals surface area contributed by atoms with Gasteiger partial charge < -0.3 is 5.32 Å². The van der Waals surface area contributed by atoms with Gasteiger partial charge >= 0.3 is 0 Å². The van der Waals surface area contributed by atoms with E-state index in [4.69, 9.17) is 0 Å². The highest BCUT2D eigenvalue weighted by Gasteiger charge is 2.15. The summed E-state index contributed by atoms with van der Waals surface area (Å²) >= 11 is 1.51. The average molecular weight is 226 g/mol. The molecule has 1 atom stereocenters. The van der Waals surface area contributed by atoms with Crippen LogP contribution < -0.4 is 5.32 Å². The Bertz CT molecular complexity index is 335. The van der Waals surface area contributed by atoms with Crippen molar-refractivity contribution in [2.75, 3.05) is 0 Å². The fourth-order valence-electron chi connectivity index (χ4n) is 1.22. The molecule has 1 rings (SSSR count). The van der Waals surface area contributed by atoms with E-state index in [0.29, 0.717) is 0 Å². The number of thiazole rings is 1. The normalized spacial score (nSPS) is 12.1. The number of ketones is 1. The lowest BCUT2D eigenvalue weighted by Crippen LogP contribution is -2.29. The van der Waals surface area contributed by atoms with E-state index in [9.17, 15) is 9.59 Å². The van der Waals surface area contributed by atoms with Gasteiger partial charge in [0.2, 0.25) is 5.91 Å². The summed E-state index contributed by atoms with van der Waals surface area (Å²) in [7, 11) is 0. The van der Waals surface area contributed by atoms with Gasteiger partial charge in [-0.2, -0.15) is 0 Å². The molecule has 0 aromatic carbocycles. The van der Waals surface area contributed by atoms with Crippen molar-refractivity contribution in [3.8, 4) is 0 Å². The molecule has 0 spiro atoms. The predicted octanol–water partition coefficient (Wildman–Crippen LogP) is 1.69. The van der Waals surface area contributed by atoms with Gasteiger partial charge in [-0.15, -0.1) is 11.3 Å². The zero-order valence-electron chi connectivity index (χ0n) is 8.82. The quantitative estimate of drug-likeness (QED) is 0.777. The predicted molar refractivity (Wildman–Crippen MR) is 58.6 cm³/mol. The average Bonchev–Trinajstić information content (AvgIpc) is 2.65. The number of hydrogen-bond acceptors (Lipinski definition) is 4. The van der Waals surface area contributed by atoms with E-state index in [-0.39, 0.29) is 24.2 Å². The molecule has 0 aliphatic rings. The van der Waals surface area contributed by atoms with E-state index in [1.54, 1.807) is 6.20 Å². The Morgan fingerprint density at radius 2 is 2.33 bits per heavy atom. The van der Waals surface area contributed by atoms with Gasteiger partial charge in [-0.25, -0.2) is 4.98 Å². The zero-order chi connectivity index (χ0) is 11.3. The summed E-state index contributed by atoms with van der Waals surface area (Å²) in [6, 6.07) is -0.0724. The van der Waals surface area contributed by atoms with Crippen molar-refractivity contribution in [2.45, 2.75) is 32.7 Å². The van der Waals surface area contributed by atoms with Crippen LogP contribution in [0.2, 0.25) is 0 Å². The van der Waals surface area contributed by atoms with Crippen LogP contribution >= 0.6 is 11.3 Å². The Kier molecular flexibility index (Phi) is 4.42. The number of Topliss-reactive ketones (excluding diaryl/α,β-unsaturated/α-hetero) is 1. The number of aromatic nitrogens is 1. The fraction of sp³-hybridized carbons (Fsp3) is 0.500. The molecule has 15 heavy (non-hydrogen) atoms. The first kappa shape index (κ1) is 11.8. The largest absolute Gasteiger partial charge is 0.346 e. The molecule has 0 radical (unpaired) electrons. The number of amides is 1. The number of rotatable bonds is 5. The molecule has 82 valence electrons. The highest BCUT2D eigenvalue weighted by Crippen LogP contribution is 2.18. The van der Waals surface area contributed by atoms with Crippen LogP contribution in [-0.4, -0.2) is 16.7 Å². The highest BCUT2D eigenvalue weighted by molar-refractivity contribution is 7.09. The molecule has 0 fully saturated rings. The minimum absolute atomic E-state index is 0.0537. The molecular formula is C10H14N2O2S. The number of hydrogen-bond donors (Lipinski definition) is 1. The van der Waals surface area contributed by atoms with Crippen LogP contribution in [0.1, 0.15) is 37.7 Å². The topological polar surface area (TPSA) is 59.1 Å². The molecule has 1 N–H and O–H groups in total. The molecule has 1 aromatic rings. The van der Waals surface area contributed by atoms with Gasteiger partial charge in [0.05, 0.1) is 12.5 Å². The third kappa shape index (κ3) is 3.79.